The zero-order valence-electron chi connectivity index (χ0n) is 14.2. The van der Waals surface area contributed by atoms with Gasteiger partial charge in [0.2, 0.25) is 0 Å². The normalized spacial score (nSPS) is 17.0. The largest absolute Gasteiger partial charge is 0.347 e. The first kappa shape index (κ1) is 19.7. The summed E-state index contributed by atoms with van der Waals surface area (Å²) in [6.45, 7) is 3.89. The first-order valence-electron chi connectivity index (χ1n) is 8.41. The predicted molar refractivity (Wildman–Crippen MR) is 101 cm³/mol. The highest BCUT2D eigenvalue weighted by atomic mass is 35.5. The van der Waals surface area contributed by atoms with Gasteiger partial charge in [-0.1, -0.05) is 36.2 Å². The molecule has 1 aliphatic heterocycles. The molecule has 0 radical (unpaired) electrons. The first-order valence-corrected chi connectivity index (χ1v) is 8.79. The highest BCUT2D eigenvalue weighted by Crippen LogP contribution is 2.18. The summed E-state index contributed by atoms with van der Waals surface area (Å²) in [6, 6.07) is 7.56. The van der Waals surface area contributed by atoms with Gasteiger partial charge in [0.25, 0.3) is 5.91 Å². The molecule has 25 heavy (non-hydrogen) atoms. The van der Waals surface area contributed by atoms with E-state index in [0.717, 1.165) is 50.2 Å². The number of rotatable bonds is 5. The summed E-state index contributed by atoms with van der Waals surface area (Å²) < 4.78 is 1.71. The average molecular weight is 384 g/mol. The van der Waals surface area contributed by atoms with Gasteiger partial charge in [-0.2, -0.15) is 0 Å². The van der Waals surface area contributed by atoms with Gasteiger partial charge in [-0.05, 0) is 44.0 Å². The van der Waals surface area contributed by atoms with Crippen LogP contribution in [0.2, 0.25) is 5.02 Å². The second kappa shape index (κ2) is 9.17. The van der Waals surface area contributed by atoms with Gasteiger partial charge in [-0.25, -0.2) is 4.68 Å². The van der Waals surface area contributed by atoms with E-state index in [9.17, 15) is 4.79 Å². The summed E-state index contributed by atoms with van der Waals surface area (Å²) >= 11 is 6.07. The number of piperidine rings is 1. The standard InChI is InChI=1S/C17H22ClN5O.ClH/c1-2-5-15-16(17(24)20-13-7-4-9-19-11-13)21-22-23(15)14-8-3-6-12(18)10-14;/h3,6,8,10,13,19H,2,4-5,7,9,11H2,1H3,(H,20,24);1H/t13-;/m0./s1. The predicted octanol–water partition coefficient (Wildman–Crippen LogP) is 2.78. The third-order valence-corrected chi connectivity index (χ3v) is 4.39. The van der Waals surface area contributed by atoms with Crippen molar-refractivity contribution in [2.75, 3.05) is 13.1 Å². The molecule has 1 fully saturated rings. The molecule has 0 bridgehead atoms. The van der Waals surface area contributed by atoms with Crippen LogP contribution in [-0.4, -0.2) is 40.0 Å². The maximum atomic E-state index is 12.6. The Morgan fingerprint density at radius 2 is 2.32 bits per heavy atom. The molecule has 136 valence electrons. The fourth-order valence-electron chi connectivity index (χ4n) is 2.98. The molecule has 1 aliphatic rings. The Labute approximate surface area is 158 Å². The summed E-state index contributed by atoms with van der Waals surface area (Å²) in [5, 5.41) is 15.3. The highest BCUT2D eigenvalue weighted by Gasteiger charge is 2.23. The van der Waals surface area contributed by atoms with Crippen LogP contribution in [0.5, 0.6) is 0 Å². The van der Waals surface area contributed by atoms with E-state index in [1.165, 1.54) is 0 Å². The minimum Gasteiger partial charge on any atom is -0.347 e. The Bertz CT molecular complexity index is 713. The van der Waals surface area contributed by atoms with Crippen molar-refractivity contribution >= 4 is 29.9 Å². The van der Waals surface area contributed by atoms with Gasteiger partial charge in [-0.3, -0.25) is 4.79 Å². The van der Waals surface area contributed by atoms with Gasteiger partial charge >= 0.3 is 0 Å². The molecule has 2 heterocycles. The second-order valence-corrected chi connectivity index (χ2v) is 6.48. The van der Waals surface area contributed by atoms with Gasteiger partial charge in [0, 0.05) is 17.6 Å². The number of nitrogens with zero attached hydrogens (tertiary/aromatic N) is 3. The molecule has 2 N–H and O–H groups in total. The summed E-state index contributed by atoms with van der Waals surface area (Å²) in [5.74, 6) is -0.152. The molecular formula is C17H23Cl2N5O. The van der Waals surface area contributed by atoms with E-state index in [1.54, 1.807) is 4.68 Å². The Morgan fingerprint density at radius 3 is 3.00 bits per heavy atom. The second-order valence-electron chi connectivity index (χ2n) is 6.04. The third kappa shape index (κ3) is 4.71. The van der Waals surface area contributed by atoms with Crippen LogP contribution in [0.1, 0.15) is 42.4 Å². The number of benzene rings is 1. The van der Waals surface area contributed by atoms with Crippen LogP contribution in [0.3, 0.4) is 0 Å². The van der Waals surface area contributed by atoms with Gasteiger partial charge in [0.15, 0.2) is 5.69 Å². The molecule has 0 spiro atoms. The fraction of sp³-hybridized carbons (Fsp3) is 0.471. The van der Waals surface area contributed by atoms with E-state index in [4.69, 9.17) is 11.6 Å². The zero-order valence-corrected chi connectivity index (χ0v) is 15.7. The quantitative estimate of drug-likeness (QED) is 0.832. The maximum Gasteiger partial charge on any atom is 0.274 e. The first-order chi connectivity index (χ1) is 11.7. The molecule has 1 saturated heterocycles. The van der Waals surface area contributed by atoms with Gasteiger partial charge in [0.05, 0.1) is 11.4 Å². The van der Waals surface area contributed by atoms with Crippen LogP contribution < -0.4 is 10.6 Å². The average Bonchev–Trinajstić information content (AvgIpc) is 3.00. The summed E-state index contributed by atoms with van der Waals surface area (Å²) in [6.07, 6.45) is 3.69. The number of carbonyl (C=O) groups excluding carboxylic acids is 1. The van der Waals surface area contributed by atoms with Crippen LogP contribution in [0.4, 0.5) is 0 Å². The van der Waals surface area contributed by atoms with Gasteiger partial charge in [-0.15, -0.1) is 17.5 Å². The molecule has 0 unspecified atom stereocenters. The lowest BCUT2D eigenvalue weighted by atomic mass is 10.1. The van der Waals surface area contributed by atoms with Crippen LogP contribution in [-0.2, 0) is 6.42 Å². The van der Waals surface area contributed by atoms with Gasteiger partial charge in [0.1, 0.15) is 0 Å². The van der Waals surface area contributed by atoms with E-state index in [0.29, 0.717) is 10.7 Å². The van der Waals surface area contributed by atoms with Crippen molar-refractivity contribution in [3.8, 4) is 5.69 Å². The van der Waals surface area contributed by atoms with Crippen molar-refractivity contribution in [2.24, 2.45) is 0 Å². The molecule has 6 nitrogen and oxygen atoms in total. The van der Waals surface area contributed by atoms with Crippen molar-refractivity contribution in [1.29, 1.82) is 0 Å². The number of carbonyl (C=O) groups is 1. The van der Waals surface area contributed by atoms with E-state index in [-0.39, 0.29) is 24.4 Å². The number of amides is 1. The molecule has 1 amide bonds. The Balaban J connectivity index is 0.00000225. The van der Waals surface area contributed by atoms with E-state index < -0.39 is 0 Å². The fourth-order valence-corrected chi connectivity index (χ4v) is 3.17. The van der Waals surface area contributed by atoms with Crippen molar-refractivity contribution in [1.82, 2.24) is 25.6 Å². The SMILES string of the molecule is CCCc1c(C(=O)N[C@H]2CCCNC2)nnn1-c1cccc(Cl)c1.Cl. The third-order valence-electron chi connectivity index (χ3n) is 4.15. The molecule has 1 aromatic carbocycles. The Hall–Kier alpha value is -1.63. The van der Waals surface area contributed by atoms with E-state index >= 15 is 0 Å². The van der Waals surface area contributed by atoms with Crippen molar-refractivity contribution in [3.63, 3.8) is 0 Å². The van der Waals surface area contributed by atoms with E-state index in [1.807, 2.05) is 24.3 Å². The Kier molecular flexibility index (Phi) is 7.23. The summed E-state index contributed by atoms with van der Waals surface area (Å²) in [7, 11) is 0. The van der Waals surface area contributed by atoms with Gasteiger partial charge < -0.3 is 10.6 Å². The summed E-state index contributed by atoms with van der Waals surface area (Å²) in [4.78, 5) is 12.6. The molecule has 1 atom stereocenters. The van der Waals surface area contributed by atoms with E-state index in [2.05, 4.69) is 27.9 Å². The van der Waals surface area contributed by atoms with Crippen molar-refractivity contribution in [2.45, 2.75) is 38.6 Å². The summed E-state index contributed by atoms with van der Waals surface area (Å²) in [5.41, 5.74) is 2.04. The zero-order chi connectivity index (χ0) is 16.9. The molecule has 0 aliphatic carbocycles. The lowest BCUT2D eigenvalue weighted by Crippen LogP contribution is -2.45. The number of hydrogen-bond donors (Lipinski definition) is 2. The number of halogens is 2. The molecular weight excluding hydrogens is 361 g/mol. The lowest BCUT2D eigenvalue weighted by molar-refractivity contribution is 0.0924. The molecule has 1 aromatic heterocycles. The monoisotopic (exact) mass is 383 g/mol. The number of aromatic nitrogens is 3. The van der Waals surface area contributed by atoms with Crippen molar-refractivity contribution in [3.05, 3.63) is 40.7 Å². The van der Waals surface area contributed by atoms with Crippen LogP contribution in [0.15, 0.2) is 24.3 Å². The van der Waals surface area contributed by atoms with Crippen LogP contribution >= 0.6 is 24.0 Å². The molecule has 2 aromatic rings. The Morgan fingerprint density at radius 1 is 1.48 bits per heavy atom. The lowest BCUT2D eigenvalue weighted by Gasteiger charge is -2.23. The smallest absolute Gasteiger partial charge is 0.274 e. The maximum absolute atomic E-state index is 12.6. The molecule has 8 heteroatoms. The highest BCUT2D eigenvalue weighted by molar-refractivity contribution is 6.30. The molecule has 0 saturated carbocycles. The van der Waals surface area contributed by atoms with Crippen LogP contribution in [0.25, 0.3) is 5.69 Å². The minimum atomic E-state index is -0.152. The molecule has 3 rings (SSSR count). The number of nitrogens with one attached hydrogen (secondary N) is 2. The number of hydrogen-bond acceptors (Lipinski definition) is 4. The van der Waals surface area contributed by atoms with Crippen molar-refractivity contribution < 1.29 is 4.79 Å². The topological polar surface area (TPSA) is 71.8 Å². The minimum absolute atomic E-state index is 0. The van der Waals surface area contributed by atoms with Crippen LogP contribution in [0, 0.1) is 0 Å².